The van der Waals surface area contributed by atoms with Crippen LogP contribution in [-0.4, -0.2) is 17.6 Å². The van der Waals surface area contributed by atoms with Crippen LogP contribution in [0, 0.1) is 5.92 Å². The summed E-state index contributed by atoms with van der Waals surface area (Å²) in [6.45, 7) is 0. The molecule has 5 heteroatoms. The topological polar surface area (TPSA) is 58.2 Å². The predicted molar refractivity (Wildman–Crippen MR) is 107 cm³/mol. The third-order valence-electron chi connectivity index (χ3n) is 4.51. The SMILES string of the molecule is O=C(CSc1cccc(NC(=O)C2CCCCC2)c1)Nc1ccccc1. The molecule has 4 nitrogen and oxygen atoms in total. The number of hydrogen-bond donors (Lipinski definition) is 2. The van der Waals surface area contributed by atoms with Gasteiger partial charge in [-0.15, -0.1) is 11.8 Å². The smallest absolute Gasteiger partial charge is 0.234 e. The number of carbonyl (C=O) groups excluding carboxylic acids is 2. The lowest BCUT2D eigenvalue weighted by Gasteiger charge is -2.20. The largest absolute Gasteiger partial charge is 0.326 e. The van der Waals surface area contributed by atoms with Gasteiger partial charge in [-0.05, 0) is 43.2 Å². The van der Waals surface area contributed by atoms with Crippen molar-refractivity contribution in [2.75, 3.05) is 16.4 Å². The van der Waals surface area contributed by atoms with Crippen LogP contribution in [-0.2, 0) is 9.59 Å². The molecule has 0 unspecified atom stereocenters. The number of hydrogen-bond acceptors (Lipinski definition) is 3. The molecule has 1 fully saturated rings. The normalized spacial score (nSPS) is 14.6. The van der Waals surface area contributed by atoms with Crippen LogP contribution in [0.2, 0.25) is 0 Å². The molecule has 0 heterocycles. The number of rotatable bonds is 6. The molecule has 0 bridgehead atoms. The molecule has 1 aliphatic rings. The van der Waals surface area contributed by atoms with Gasteiger partial charge in [0.05, 0.1) is 5.75 Å². The van der Waals surface area contributed by atoms with Gasteiger partial charge in [-0.25, -0.2) is 0 Å². The Kier molecular flexibility index (Phi) is 6.72. The fourth-order valence-corrected chi connectivity index (χ4v) is 3.90. The van der Waals surface area contributed by atoms with Gasteiger partial charge in [0, 0.05) is 22.2 Å². The minimum atomic E-state index is -0.0437. The molecule has 0 saturated heterocycles. The number of anilines is 2. The van der Waals surface area contributed by atoms with Crippen molar-refractivity contribution >= 4 is 35.0 Å². The second kappa shape index (κ2) is 9.43. The maximum absolute atomic E-state index is 12.4. The Morgan fingerprint density at radius 2 is 1.62 bits per heavy atom. The molecule has 136 valence electrons. The molecule has 0 aromatic heterocycles. The maximum Gasteiger partial charge on any atom is 0.234 e. The molecule has 26 heavy (non-hydrogen) atoms. The Balaban J connectivity index is 1.50. The predicted octanol–water partition coefficient (Wildman–Crippen LogP) is 4.94. The molecule has 0 radical (unpaired) electrons. The molecule has 1 saturated carbocycles. The van der Waals surface area contributed by atoms with Gasteiger partial charge >= 0.3 is 0 Å². The Bertz CT molecular complexity index is 743. The molecule has 3 rings (SSSR count). The van der Waals surface area contributed by atoms with Crippen LogP contribution in [0.15, 0.2) is 59.5 Å². The maximum atomic E-state index is 12.4. The van der Waals surface area contributed by atoms with Crippen LogP contribution >= 0.6 is 11.8 Å². The Labute approximate surface area is 158 Å². The van der Waals surface area contributed by atoms with Gasteiger partial charge < -0.3 is 10.6 Å². The van der Waals surface area contributed by atoms with Crippen molar-refractivity contribution in [3.63, 3.8) is 0 Å². The van der Waals surface area contributed by atoms with E-state index in [9.17, 15) is 9.59 Å². The monoisotopic (exact) mass is 368 g/mol. The highest BCUT2D eigenvalue weighted by Crippen LogP contribution is 2.26. The standard InChI is InChI=1S/C21H24N2O2S/c24-20(22-17-10-5-2-6-11-17)15-26-19-13-7-12-18(14-19)23-21(25)16-8-3-1-4-9-16/h2,5-7,10-14,16H,1,3-4,8-9,15H2,(H,22,24)(H,23,25). The Hall–Kier alpha value is -2.27. The fraction of sp³-hybridized carbons (Fsp3) is 0.333. The zero-order valence-electron chi connectivity index (χ0n) is 14.7. The third-order valence-corrected chi connectivity index (χ3v) is 5.50. The van der Waals surface area contributed by atoms with Crippen molar-refractivity contribution in [3.05, 3.63) is 54.6 Å². The highest BCUT2D eigenvalue weighted by Gasteiger charge is 2.21. The van der Waals surface area contributed by atoms with Gasteiger partial charge in [-0.2, -0.15) is 0 Å². The van der Waals surface area contributed by atoms with Gasteiger partial charge in [0.1, 0.15) is 0 Å². The van der Waals surface area contributed by atoms with Crippen LogP contribution in [0.5, 0.6) is 0 Å². The average molecular weight is 369 g/mol. The molecule has 0 spiro atoms. The molecular formula is C21H24N2O2S. The number of benzene rings is 2. The average Bonchev–Trinajstić information content (AvgIpc) is 2.68. The van der Waals surface area contributed by atoms with Crippen LogP contribution in [0.1, 0.15) is 32.1 Å². The van der Waals surface area contributed by atoms with E-state index in [1.54, 1.807) is 0 Å². The highest BCUT2D eigenvalue weighted by atomic mass is 32.2. The number of thioether (sulfide) groups is 1. The summed E-state index contributed by atoms with van der Waals surface area (Å²) in [5.41, 5.74) is 1.60. The van der Waals surface area contributed by atoms with Crippen molar-refractivity contribution < 1.29 is 9.59 Å². The lowest BCUT2D eigenvalue weighted by Crippen LogP contribution is -2.24. The molecule has 1 aliphatic carbocycles. The minimum Gasteiger partial charge on any atom is -0.326 e. The van der Waals surface area contributed by atoms with Gasteiger partial charge in [-0.1, -0.05) is 43.5 Å². The van der Waals surface area contributed by atoms with E-state index in [1.807, 2.05) is 54.6 Å². The van der Waals surface area contributed by atoms with Crippen molar-refractivity contribution in [2.24, 2.45) is 5.92 Å². The molecule has 0 aliphatic heterocycles. The first-order chi connectivity index (χ1) is 12.7. The van der Waals surface area contributed by atoms with Crippen molar-refractivity contribution in [3.8, 4) is 0 Å². The summed E-state index contributed by atoms with van der Waals surface area (Å²) in [7, 11) is 0. The molecule has 2 amide bonds. The summed E-state index contributed by atoms with van der Waals surface area (Å²) in [6, 6.07) is 17.1. The first-order valence-electron chi connectivity index (χ1n) is 9.09. The first-order valence-corrected chi connectivity index (χ1v) is 10.1. The molecule has 0 atom stereocenters. The summed E-state index contributed by atoms with van der Waals surface area (Å²) < 4.78 is 0. The molecular weight excluding hydrogens is 344 g/mol. The number of amides is 2. The summed E-state index contributed by atoms with van der Waals surface area (Å²) in [6.07, 6.45) is 5.50. The van der Waals surface area contributed by atoms with Crippen molar-refractivity contribution in [1.29, 1.82) is 0 Å². The fourth-order valence-electron chi connectivity index (χ4n) is 3.14. The van der Waals surface area contributed by atoms with Crippen molar-refractivity contribution in [1.82, 2.24) is 0 Å². The van der Waals surface area contributed by atoms with Gasteiger partial charge in [0.15, 0.2) is 0 Å². The number of carbonyl (C=O) groups is 2. The lowest BCUT2D eigenvalue weighted by atomic mass is 9.88. The van der Waals surface area contributed by atoms with E-state index < -0.39 is 0 Å². The van der Waals surface area contributed by atoms with E-state index in [0.29, 0.717) is 5.75 Å². The summed E-state index contributed by atoms with van der Waals surface area (Å²) >= 11 is 1.46. The Morgan fingerprint density at radius 3 is 2.38 bits per heavy atom. The van der Waals surface area contributed by atoms with Crippen LogP contribution in [0.3, 0.4) is 0 Å². The highest BCUT2D eigenvalue weighted by molar-refractivity contribution is 8.00. The second-order valence-corrected chi connectivity index (χ2v) is 7.60. The lowest BCUT2D eigenvalue weighted by molar-refractivity contribution is -0.120. The minimum absolute atomic E-state index is 0.0437. The van der Waals surface area contributed by atoms with Gasteiger partial charge in [0.25, 0.3) is 0 Å². The van der Waals surface area contributed by atoms with Gasteiger partial charge in [-0.3, -0.25) is 9.59 Å². The van der Waals surface area contributed by atoms with E-state index in [1.165, 1.54) is 18.2 Å². The van der Waals surface area contributed by atoms with E-state index in [-0.39, 0.29) is 17.7 Å². The summed E-state index contributed by atoms with van der Waals surface area (Å²) in [5.74, 6) is 0.540. The van der Waals surface area contributed by atoms with Crippen LogP contribution < -0.4 is 10.6 Å². The summed E-state index contributed by atoms with van der Waals surface area (Å²) in [5, 5.41) is 5.90. The number of nitrogens with one attached hydrogen (secondary N) is 2. The van der Waals surface area contributed by atoms with Gasteiger partial charge in [0.2, 0.25) is 11.8 Å². The Morgan fingerprint density at radius 1 is 0.885 bits per heavy atom. The second-order valence-electron chi connectivity index (χ2n) is 6.55. The molecule has 2 N–H and O–H groups in total. The van der Waals surface area contributed by atoms with E-state index in [0.717, 1.165) is 42.0 Å². The zero-order valence-corrected chi connectivity index (χ0v) is 15.6. The number of para-hydroxylation sites is 1. The van der Waals surface area contributed by atoms with E-state index >= 15 is 0 Å². The van der Waals surface area contributed by atoms with Crippen LogP contribution in [0.4, 0.5) is 11.4 Å². The first kappa shape index (κ1) is 18.5. The van der Waals surface area contributed by atoms with E-state index in [4.69, 9.17) is 0 Å². The molecule has 2 aromatic carbocycles. The molecule has 2 aromatic rings. The third kappa shape index (κ3) is 5.63. The summed E-state index contributed by atoms with van der Waals surface area (Å²) in [4.78, 5) is 25.4. The zero-order chi connectivity index (χ0) is 18.2. The van der Waals surface area contributed by atoms with Crippen molar-refractivity contribution in [2.45, 2.75) is 37.0 Å². The quantitative estimate of drug-likeness (QED) is 0.710. The van der Waals surface area contributed by atoms with E-state index in [2.05, 4.69) is 10.6 Å². The van der Waals surface area contributed by atoms with Crippen LogP contribution in [0.25, 0.3) is 0 Å².